The molecule has 1 amide bonds. The molecule has 1 atom stereocenters. The monoisotopic (exact) mass is 456 g/mol. The number of piperidine rings is 1. The molecule has 8 heteroatoms. The Morgan fingerprint density at radius 1 is 1.03 bits per heavy atom. The van der Waals surface area contributed by atoms with Gasteiger partial charge in [-0.05, 0) is 50.3 Å². The molecule has 174 valence electrons. The van der Waals surface area contributed by atoms with E-state index in [1.807, 2.05) is 25.1 Å². The number of nitrogens with one attached hydrogen (secondary N) is 1. The number of hydrogen-bond donors (Lipinski definition) is 1. The number of para-hydroxylation sites is 2. The largest absolute Gasteiger partial charge is 0.437 e. The van der Waals surface area contributed by atoms with Crippen LogP contribution in [-0.2, 0) is 17.4 Å². The summed E-state index contributed by atoms with van der Waals surface area (Å²) >= 11 is 0. The number of amides is 1. The van der Waals surface area contributed by atoms with Gasteiger partial charge in [0, 0.05) is 25.0 Å². The number of hydrogen-bond acceptors (Lipinski definition) is 4. The Balaban J connectivity index is 1.37. The third kappa shape index (κ3) is 5.61. The maximum absolute atomic E-state index is 13.7. The zero-order chi connectivity index (χ0) is 23.4. The Morgan fingerprint density at radius 3 is 2.27 bits per heavy atom. The summed E-state index contributed by atoms with van der Waals surface area (Å²) in [5.41, 5.74) is 0.891. The molecule has 1 fully saturated rings. The molecule has 0 saturated carbocycles. The van der Waals surface area contributed by atoms with Gasteiger partial charge in [-0.1, -0.05) is 42.5 Å². The number of aromatic nitrogens is 2. The number of carbonyl (C=O) groups is 1. The molecule has 1 aromatic heterocycles. The van der Waals surface area contributed by atoms with Gasteiger partial charge >= 0.3 is 6.18 Å². The van der Waals surface area contributed by atoms with Crippen LogP contribution in [0, 0.1) is 5.92 Å². The molecule has 1 N–H and O–H groups in total. The first-order valence-electron chi connectivity index (χ1n) is 11.2. The fourth-order valence-electron chi connectivity index (χ4n) is 4.22. The molecule has 1 aliphatic heterocycles. The van der Waals surface area contributed by atoms with Crippen LogP contribution < -0.4 is 10.2 Å². The highest BCUT2D eigenvalue weighted by molar-refractivity contribution is 5.79. The fourth-order valence-corrected chi connectivity index (χ4v) is 4.22. The number of nitrogens with zero attached hydrogens (tertiary/aromatic N) is 3. The van der Waals surface area contributed by atoms with Crippen LogP contribution >= 0.6 is 0 Å². The van der Waals surface area contributed by atoms with Crippen LogP contribution in [-0.4, -0.2) is 35.0 Å². The summed E-state index contributed by atoms with van der Waals surface area (Å²) in [6.45, 7) is 2.63. The molecule has 4 rings (SSSR count). The predicted octanol–water partition coefficient (Wildman–Crippen LogP) is 5.00. The molecule has 0 aliphatic carbocycles. The summed E-state index contributed by atoms with van der Waals surface area (Å²) in [6, 6.07) is 16.7. The second kappa shape index (κ2) is 9.77. The molecular weight excluding hydrogens is 429 g/mol. The highest BCUT2D eigenvalue weighted by Gasteiger charge is 2.39. The maximum Gasteiger partial charge on any atom is 0.437 e. The molecule has 0 spiro atoms. The van der Waals surface area contributed by atoms with E-state index in [1.165, 1.54) is 11.6 Å². The minimum Gasteiger partial charge on any atom is -0.355 e. The van der Waals surface area contributed by atoms with Crippen molar-refractivity contribution in [3.8, 4) is 0 Å². The molecule has 0 radical (unpaired) electrons. The average Bonchev–Trinajstić information content (AvgIpc) is 2.82. The standard InChI is InChI=1S/C25H27F3N4O/c1-17(11-12-18-7-3-2-4-8-18)29-24(33)19-13-15-32(16-14-19)23-22(25(26,27)28)30-20-9-5-6-10-21(20)31-23/h2-10,17,19H,11-16H2,1H3,(H,29,33)/t17-/m1/s1. The van der Waals surface area contributed by atoms with Crippen molar-refractivity contribution in [2.75, 3.05) is 18.0 Å². The minimum atomic E-state index is -4.60. The van der Waals surface area contributed by atoms with Crippen molar-refractivity contribution in [1.29, 1.82) is 0 Å². The van der Waals surface area contributed by atoms with Gasteiger partial charge in [0.2, 0.25) is 5.91 Å². The SMILES string of the molecule is C[C@H](CCc1ccccc1)NC(=O)C1CCN(c2nc3ccccc3nc2C(F)(F)F)CC1. The number of aryl methyl sites for hydroxylation is 1. The number of fused-ring (bicyclic) bond motifs is 1. The first-order valence-corrected chi connectivity index (χ1v) is 11.2. The second-order valence-electron chi connectivity index (χ2n) is 8.58. The zero-order valence-electron chi connectivity index (χ0n) is 18.5. The van der Waals surface area contributed by atoms with Crippen LogP contribution in [0.4, 0.5) is 19.0 Å². The quantitative estimate of drug-likeness (QED) is 0.567. The van der Waals surface area contributed by atoms with E-state index in [-0.39, 0.29) is 29.2 Å². The molecule has 0 unspecified atom stereocenters. The Morgan fingerprint density at radius 2 is 1.64 bits per heavy atom. The summed E-state index contributed by atoms with van der Waals surface area (Å²) < 4.78 is 41.0. The third-order valence-corrected chi connectivity index (χ3v) is 6.08. The number of carbonyl (C=O) groups excluding carboxylic acids is 1. The second-order valence-corrected chi connectivity index (χ2v) is 8.58. The van der Waals surface area contributed by atoms with Crippen LogP contribution in [0.2, 0.25) is 0 Å². The van der Waals surface area contributed by atoms with Crippen LogP contribution in [0.25, 0.3) is 11.0 Å². The number of benzene rings is 2. The van der Waals surface area contributed by atoms with Crippen molar-refractivity contribution < 1.29 is 18.0 Å². The lowest BCUT2D eigenvalue weighted by Gasteiger charge is -2.33. The van der Waals surface area contributed by atoms with Crippen LogP contribution in [0.15, 0.2) is 54.6 Å². The molecule has 0 bridgehead atoms. The third-order valence-electron chi connectivity index (χ3n) is 6.08. The molecule has 2 heterocycles. The van der Waals surface area contributed by atoms with Crippen molar-refractivity contribution >= 4 is 22.8 Å². The Kier molecular flexibility index (Phi) is 6.81. The summed E-state index contributed by atoms with van der Waals surface area (Å²) in [4.78, 5) is 22.5. The van der Waals surface area contributed by atoms with Crippen LogP contribution in [0.1, 0.15) is 37.4 Å². The number of rotatable bonds is 6. The van der Waals surface area contributed by atoms with Gasteiger partial charge in [-0.3, -0.25) is 4.79 Å². The van der Waals surface area contributed by atoms with Gasteiger partial charge < -0.3 is 10.2 Å². The van der Waals surface area contributed by atoms with Crippen LogP contribution in [0.3, 0.4) is 0 Å². The summed E-state index contributed by atoms with van der Waals surface area (Å²) in [6.07, 6.45) is -1.95. The summed E-state index contributed by atoms with van der Waals surface area (Å²) in [7, 11) is 0. The zero-order valence-corrected chi connectivity index (χ0v) is 18.5. The Labute approximate surface area is 191 Å². The predicted molar refractivity (Wildman–Crippen MR) is 122 cm³/mol. The topological polar surface area (TPSA) is 58.1 Å². The fraction of sp³-hybridized carbons (Fsp3) is 0.400. The summed E-state index contributed by atoms with van der Waals surface area (Å²) in [5.74, 6) is -0.407. The van der Waals surface area contributed by atoms with Gasteiger partial charge in [-0.15, -0.1) is 0 Å². The van der Waals surface area contributed by atoms with E-state index in [2.05, 4.69) is 27.4 Å². The molecule has 33 heavy (non-hydrogen) atoms. The first kappa shape index (κ1) is 23.0. The molecule has 3 aromatic rings. The smallest absolute Gasteiger partial charge is 0.355 e. The van der Waals surface area contributed by atoms with Gasteiger partial charge in [0.1, 0.15) is 0 Å². The van der Waals surface area contributed by atoms with Gasteiger partial charge in [-0.25, -0.2) is 9.97 Å². The van der Waals surface area contributed by atoms with Crippen molar-refractivity contribution in [2.45, 2.75) is 44.8 Å². The van der Waals surface area contributed by atoms with E-state index >= 15 is 0 Å². The van der Waals surface area contributed by atoms with E-state index in [1.54, 1.807) is 23.1 Å². The molecule has 2 aromatic carbocycles. The van der Waals surface area contributed by atoms with Gasteiger partial charge in [0.05, 0.1) is 11.0 Å². The van der Waals surface area contributed by atoms with Crippen molar-refractivity contribution in [3.63, 3.8) is 0 Å². The van der Waals surface area contributed by atoms with E-state index in [0.717, 1.165) is 12.8 Å². The van der Waals surface area contributed by atoms with E-state index in [0.29, 0.717) is 31.4 Å². The van der Waals surface area contributed by atoms with Crippen molar-refractivity contribution in [2.24, 2.45) is 5.92 Å². The molecule has 1 saturated heterocycles. The number of alkyl halides is 3. The highest BCUT2D eigenvalue weighted by atomic mass is 19.4. The maximum atomic E-state index is 13.7. The lowest BCUT2D eigenvalue weighted by Crippen LogP contribution is -2.44. The summed E-state index contributed by atoms with van der Waals surface area (Å²) in [5, 5.41) is 3.07. The highest BCUT2D eigenvalue weighted by Crippen LogP contribution is 2.36. The van der Waals surface area contributed by atoms with Crippen molar-refractivity contribution in [1.82, 2.24) is 15.3 Å². The van der Waals surface area contributed by atoms with Gasteiger partial charge in [0.25, 0.3) is 0 Å². The van der Waals surface area contributed by atoms with Gasteiger partial charge in [-0.2, -0.15) is 13.2 Å². The average molecular weight is 457 g/mol. The van der Waals surface area contributed by atoms with E-state index < -0.39 is 11.9 Å². The minimum absolute atomic E-state index is 0.0268. The normalized spacial score (nSPS) is 16.1. The first-order chi connectivity index (χ1) is 15.8. The van der Waals surface area contributed by atoms with E-state index in [9.17, 15) is 18.0 Å². The molecule has 5 nitrogen and oxygen atoms in total. The lowest BCUT2D eigenvalue weighted by molar-refractivity contribution is -0.140. The number of halogens is 3. The van der Waals surface area contributed by atoms with E-state index in [4.69, 9.17) is 0 Å². The van der Waals surface area contributed by atoms with Gasteiger partial charge in [0.15, 0.2) is 11.5 Å². The number of anilines is 1. The Hall–Kier alpha value is -3.16. The Bertz CT molecular complexity index is 1100. The molecule has 1 aliphatic rings. The van der Waals surface area contributed by atoms with Crippen LogP contribution in [0.5, 0.6) is 0 Å². The lowest BCUT2D eigenvalue weighted by atomic mass is 9.95. The van der Waals surface area contributed by atoms with Crippen molar-refractivity contribution in [3.05, 3.63) is 65.9 Å². The molecular formula is C25H27F3N4O.